The van der Waals surface area contributed by atoms with Gasteiger partial charge in [0.15, 0.2) is 0 Å². The van der Waals surface area contributed by atoms with E-state index in [0.29, 0.717) is 18.6 Å². The maximum atomic E-state index is 12.6. The highest BCUT2D eigenvalue weighted by molar-refractivity contribution is 7.98. The van der Waals surface area contributed by atoms with E-state index < -0.39 is 23.9 Å². The standard InChI is InChI=1S/C17H26N4O3S/c1-19-11-15(22)20-14(10-12-6-4-3-5-7-12)17(24)21-13(16(18)23)8-9-25-2/h3-7,13-14,19H,8-11H2,1-2H3,(H2,18,23)(H,20,22)(H,21,24)/t13-,14-/m0/s1. The zero-order valence-electron chi connectivity index (χ0n) is 14.6. The number of primary amides is 1. The lowest BCUT2D eigenvalue weighted by Gasteiger charge is -2.22. The first-order chi connectivity index (χ1) is 12.0. The summed E-state index contributed by atoms with van der Waals surface area (Å²) in [5, 5.41) is 8.09. The molecule has 2 atom stereocenters. The molecule has 0 fully saturated rings. The summed E-state index contributed by atoms with van der Waals surface area (Å²) in [5.74, 6) is -0.595. The lowest BCUT2D eigenvalue weighted by Crippen LogP contribution is -2.54. The van der Waals surface area contributed by atoms with E-state index in [0.717, 1.165) is 5.56 Å². The number of benzene rings is 1. The van der Waals surface area contributed by atoms with Crippen LogP contribution in [0, 0.1) is 0 Å². The molecule has 0 bridgehead atoms. The molecule has 0 radical (unpaired) electrons. The van der Waals surface area contributed by atoms with Crippen molar-refractivity contribution in [3.05, 3.63) is 35.9 Å². The molecule has 7 nitrogen and oxygen atoms in total. The van der Waals surface area contributed by atoms with Crippen molar-refractivity contribution in [1.29, 1.82) is 0 Å². The predicted octanol–water partition coefficient (Wildman–Crippen LogP) is -0.343. The third kappa shape index (κ3) is 8.04. The highest BCUT2D eigenvalue weighted by atomic mass is 32.2. The van der Waals surface area contributed by atoms with Crippen LogP contribution in [0.4, 0.5) is 0 Å². The minimum absolute atomic E-state index is 0.101. The molecule has 0 unspecified atom stereocenters. The Hall–Kier alpha value is -2.06. The number of rotatable bonds is 11. The zero-order valence-corrected chi connectivity index (χ0v) is 15.4. The first kappa shape index (κ1) is 21.0. The van der Waals surface area contributed by atoms with Crippen molar-refractivity contribution in [2.24, 2.45) is 5.73 Å². The molecule has 5 N–H and O–H groups in total. The van der Waals surface area contributed by atoms with Crippen molar-refractivity contribution in [1.82, 2.24) is 16.0 Å². The van der Waals surface area contributed by atoms with E-state index in [2.05, 4.69) is 16.0 Å². The second-order valence-electron chi connectivity index (χ2n) is 5.59. The molecule has 25 heavy (non-hydrogen) atoms. The number of carbonyl (C=O) groups excluding carboxylic acids is 3. The molecule has 1 aromatic rings. The third-order valence-electron chi connectivity index (χ3n) is 3.54. The average molecular weight is 366 g/mol. The fourth-order valence-corrected chi connectivity index (χ4v) is 2.73. The monoisotopic (exact) mass is 366 g/mol. The van der Waals surface area contributed by atoms with E-state index in [9.17, 15) is 14.4 Å². The number of likely N-dealkylation sites (N-methyl/N-ethyl adjacent to an activating group) is 1. The number of carbonyl (C=O) groups is 3. The van der Waals surface area contributed by atoms with Gasteiger partial charge in [0, 0.05) is 6.42 Å². The van der Waals surface area contributed by atoms with Gasteiger partial charge in [-0.25, -0.2) is 0 Å². The van der Waals surface area contributed by atoms with Crippen LogP contribution in [0.25, 0.3) is 0 Å². The van der Waals surface area contributed by atoms with Gasteiger partial charge in [-0.05, 0) is 31.0 Å². The van der Waals surface area contributed by atoms with Crippen molar-refractivity contribution in [3.63, 3.8) is 0 Å². The smallest absolute Gasteiger partial charge is 0.243 e. The summed E-state index contributed by atoms with van der Waals surface area (Å²) in [7, 11) is 1.65. The Morgan fingerprint density at radius 3 is 2.36 bits per heavy atom. The predicted molar refractivity (Wildman–Crippen MR) is 100 cm³/mol. The number of hydrogen-bond donors (Lipinski definition) is 4. The SMILES string of the molecule is CNCC(=O)N[C@@H](Cc1ccccc1)C(=O)N[C@@H](CCSC)C(N)=O. The topological polar surface area (TPSA) is 113 Å². The molecule has 0 saturated heterocycles. The van der Waals surface area contributed by atoms with Gasteiger partial charge in [0.25, 0.3) is 0 Å². The Labute approximate surface area is 152 Å². The van der Waals surface area contributed by atoms with Crippen LogP contribution >= 0.6 is 11.8 Å². The van der Waals surface area contributed by atoms with Crippen molar-refractivity contribution in [3.8, 4) is 0 Å². The van der Waals surface area contributed by atoms with Gasteiger partial charge in [0.05, 0.1) is 6.54 Å². The summed E-state index contributed by atoms with van der Waals surface area (Å²) in [6.45, 7) is 0.101. The van der Waals surface area contributed by atoms with Crippen molar-refractivity contribution in [2.75, 3.05) is 25.6 Å². The van der Waals surface area contributed by atoms with Crippen LogP contribution in [0.3, 0.4) is 0 Å². The Balaban J connectivity index is 2.82. The maximum Gasteiger partial charge on any atom is 0.243 e. The molecular formula is C17H26N4O3S. The van der Waals surface area contributed by atoms with Crippen LogP contribution in [-0.4, -0.2) is 55.4 Å². The van der Waals surface area contributed by atoms with E-state index in [1.807, 2.05) is 36.6 Å². The molecule has 8 heteroatoms. The Kier molecular flexibility index (Phi) is 9.64. The molecule has 0 aromatic heterocycles. The average Bonchev–Trinajstić information content (AvgIpc) is 2.58. The van der Waals surface area contributed by atoms with Crippen LogP contribution in [0.5, 0.6) is 0 Å². The Bertz CT molecular complexity index is 568. The molecule has 0 aliphatic heterocycles. The number of amides is 3. The molecular weight excluding hydrogens is 340 g/mol. The lowest BCUT2D eigenvalue weighted by molar-refractivity contribution is -0.131. The molecule has 0 aliphatic carbocycles. The summed E-state index contributed by atoms with van der Waals surface area (Å²) < 4.78 is 0. The van der Waals surface area contributed by atoms with E-state index in [-0.39, 0.29) is 12.5 Å². The van der Waals surface area contributed by atoms with Crippen molar-refractivity contribution < 1.29 is 14.4 Å². The summed E-state index contributed by atoms with van der Waals surface area (Å²) in [5.41, 5.74) is 6.28. The summed E-state index contributed by atoms with van der Waals surface area (Å²) >= 11 is 1.57. The summed E-state index contributed by atoms with van der Waals surface area (Å²) in [6, 6.07) is 7.84. The molecule has 138 valence electrons. The fraction of sp³-hybridized carbons (Fsp3) is 0.471. The first-order valence-electron chi connectivity index (χ1n) is 8.04. The molecule has 0 heterocycles. The molecule has 0 aliphatic rings. The zero-order chi connectivity index (χ0) is 18.7. The number of thioether (sulfide) groups is 1. The quantitative estimate of drug-likeness (QED) is 0.428. The van der Waals surface area contributed by atoms with E-state index in [4.69, 9.17) is 5.73 Å². The van der Waals surface area contributed by atoms with E-state index >= 15 is 0 Å². The molecule has 0 spiro atoms. The molecule has 0 saturated carbocycles. The van der Waals surface area contributed by atoms with Gasteiger partial charge in [0.2, 0.25) is 17.7 Å². The third-order valence-corrected chi connectivity index (χ3v) is 4.19. The van der Waals surface area contributed by atoms with Crippen molar-refractivity contribution >= 4 is 29.5 Å². The highest BCUT2D eigenvalue weighted by Crippen LogP contribution is 2.05. The number of hydrogen-bond acceptors (Lipinski definition) is 5. The minimum atomic E-state index is -0.778. The summed E-state index contributed by atoms with van der Waals surface area (Å²) in [4.78, 5) is 36.0. The first-order valence-corrected chi connectivity index (χ1v) is 9.43. The number of nitrogens with one attached hydrogen (secondary N) is 3. The van der Waals surface area contributed by atoms with Gasteiger partial charge in [0.1, 0.15) is 12.1 Å². The van der Waals surface area contributed by atoms with E-state index in [1.54, 1.807) is 18.8 Å². The Morgan fingerprint density at radius 2 is 1.80 bits per heavy atom. The molecule has 1 rings (SSSR count). The van der Waals surface area contributed by atoms with Gasteiger partial charge in [-0.1, -0.05) is 30.3 Å². The fourth-order valence-electron chi connectivity index (χ4n) is 2.26. The van der Waals surface area contributed by atoms with Crippen LogP contribution in [0.1, 0.15) is 12.0 Å². The van der Waals surface area contributed by atoms with Crippen LogP contribution in [0.2, 0.25) is 0 Å². The normalized spacial score (nSPS) is 12.9. The lowest BCUT2D eigenvalue weighted by atomic mass is 10.0. The van der Waals surface area contributed by atoms with Crippen LogP contribution in [-0.2, 0) is 20.8 Å². The Morgan fingerprint density at radius 1 is 1.12 bits per heavy atom. The molecule has 1 aromatic carbocycles. The van der Waals surface area contributed by atoms with Crippen LogP contribution in [0.15, 0.2) is 30.3 Å². The minimum Gasteiger partial charge on any atom is -0.368 e. The molecule has 3 amide bonds. The number of nitrogens with two attached hydrogens (primary N) is 1. The van der Waals surface area contributed by atoms with Crippen LogP contribution < -0.4 is 21.7 Å². The van der Waals surface area contributed by atoms with Gasteiger partial charge in [-0.3, -0.25) is 14.4 Å². The van der Waals surface area contributed by atoms with Gasteiger partial charge < -0.3 is 21.7 Å². The van der Waals surface area contributed by atoms with Gasteiger partial charge in [-0.15, -0.1) is 0 Å². The van der Waals surface area contributed by atoms with Gasteiger partial charge >= 0.3 is 0 Å². The summed E-state index contributed by atoms with van der Waals surface area (Å²) in [6.07, 6.45) is 2.69. The maximum absolute atomic E-state index is 12.6. The van der Waals surface area contributed by atoms with Gasteiger partial charge in [-0.2, -0.15) is 11.8 Å². The highest BCUT2D eigenvalue weighted by Gasteiger charge is 2.25. The second kappa shape index (κ2) is 11.5. The van der Waals surface area contributed by atoms with E-state index in [1.165, 1.54) is 0 Å². The largest absolute Gasteiger partial charge is 0.368 e. The second-order valence-corrected chi connectivity index (χ2v) is 6.57. The van der Waals surface area contributed by atoms with Crippen molar-refractivity contribution in [2.45, 2.75) is 24.9 Å².